The number of hydrogen-bond acceptors (Lipinski definition) is 2. The summed E-state index contributed by atoms with van der Waals surface area (Å²) < 4.78 is 4.99. The van der Waals surface area contributed by atoms with Gasteiger partial charge in [-0.1, -0.05) is 25.5 Å². The summed E-state index contributed by atoms with van der Waals surface area (Å²) in [5.41, 5.74) is 1.82. The van der Waals surface area contributed by atoms with Crippen LogP contribution in [0.15, 0.2) is 24.3 Å². The van der Waals surface area contributed by atoms with Crippen LogP contribution in [0, 0.1) is 12.3 Å². The average Bonchev–Trinajstić information content (AvgIpc) is 2.30. The van der Waals surface area contributed by atoms with Crippen LogP contribution in [0.3, 0.4) is 0 Å². The Bertz CT molecular complexity index is 371. The van der Waals surface area contributed by atoms with Crippen molar-refractivity contribution in [3.05, 3.63) is 35.4 Å². The third-order valence-electron chi connectivity index (χ3n) is 2.21. The third kappa shape index (κ3) is 3.78. The van der Waals surface area contributed by atoms with Gasteiger partial charge in [0.2, 0.25) is 0 Å². The maximum Gasteiger partial charge on any atom is 0.338 e. The van der Waals surface area contributed by atoms with Crippen molar-refractivity contribution in [3.8, 4) is 12.3 Å². The Labute approximate surface area is 96.6 Å². The number of carbonyl (C=O) groups is 1. The molecular weight excluding hydrogens is 200 g/mol. The molecule has 84 valence electrons. The summed E-state index contributed by atoms with van der Waals surface area (Å²) in [6, 6.07) is 7.51. The van der Waals surface area contributed by atoms with Gasteiger partial charge in [-0.3, -0.25) is 0 Å². The van der Waals surface area contributed by atoms with Gasteiger partial charge >= 0.3 is 5.97 Å². The van der Waals surface area contributed by atoms with Crippen molar-refractivity contribution in [2.45, 2.75) is 26.2 Å². The molecule has 0 spiro atoms. The summed E-state index contributed by atoms with van der Waals surface area (Å²) in [6.07, 6.45) is 7.66. The minimum absolute atomic E-state index is 0.284. The smallest absolute Gasteiger partial charge is 0.338 e. The minimum Gasteiger partial charge on any atom is -0.461 e. The topological polar surface area (TPSA) is 26.3 Å². The van der Waals surface area contributed by atoms with E-state index in [4.69, 9.17) is 11.2 Å². The molecule has 0 aliphatic carbocycles. The van der Waals surface area contributed by atoms with Crippen molar-refractivity contribution in [1.82, 2.24) is 0 Å². The van der Waals surface area contributed by atoms with Gasteiger partial charge in [-0.15, -0.1) is 12.3 Å². The molecule has 0 amide bonds. The number of carbonyl (C=O) groups excluding carboxylic acids is 1. The van der Waals surface area contributed by atoms with Crippen LogP contribution in [0.1, 0.15) is 35.7 Å². The van der Waals surface area contributed by atoms with Crippen molar-refractivity contribution in [1.29, 1.82) is 0 Å². The molecule has 0 saturated carbocycles. The highest BCUT2D eigenvalue weighted by molar-refractivity contribution is 5.89. The number of hydrogen-bond donors (Lipinski definition) is 0. The normalized spacial score (nSPS) is 9.50. The molecule has 1 aromatic carbocycles. The lowest BCUT2D eigenvalue weighted by atomic mass is 10.1. The van der Waals surface area contributed by atoms with Crippen molar-refractivity contribution in [2.75, 3.05) is 6.61 Å². The monoisotopic (exact) mass is 216 g/mol. The first kappa shape index (κ1) is 12.3. The summed E-state index contributed by atoms with van der Waals surface area (Å²) in [4.78, 5) is 11.5. The van der Waals surface area contributed by atoms with Crippen LogP contribution >= 0.6 is 0 Å². The van der Waals surface area contributed by atoms with Crippen LogP contribution in [0.5, 0.6) is 0 Å². The molecule has 0 fully saturated rings. The number of aryl methyl sites for hydroxylation is 1. The van der Waals surface area contributed by atoms with Crippen molar-refractivity contribution in [3.63, 3.8) is 0 Å². The van der Waals surface area contributed by atoms with Gasteiger partial charge in [-0.2, -0.15) is 0 Å². The molecule has 2 nitrogen and oxygen atoms in total. The van der Waals surface area contributed by atoms with Crippen LogP contribution in [0.4, 0.5) is 0 Å². The second-order valence-corrected chi connectivity index (χ2v) is 3.54. The molecule has 1 aromatic rings. The summed E-state index contributed by atoms with van der Waals surface area (Å²) in [5, 5.41) is 0. The highest BCUT2D eigenvalue weighted by Crippen LogP contribution is 2.08. The molecule has 0 radical (unpaired) electrons. The number of esters is 1. The van der Waals surface area contributed by atoms with Gasteiger partial charge < -0.3 is 4.74 Å². The largest absolute Gasteiger partial charge is 0.461 e. The predicted molar refractivity (Wildman–Crippen MR) is 64.2 cm³/mol. The van der Waals surface area contributed by atoms with Crippen LogP contribution in [-0.4, -0.2) is 12.6 Å². The van der Waals surface area contributed by atoms with Crippen LogP contribution in [0.25, 0.3) is 0 Å². The average molecular weight is 216 g/mol. The van der Waals surface area contributed by atoms with Crippen LogP contribution < -0.4 is 0 Å². The van der Waals surface area contributed by atoms with E-state index in [0.717, 1.165) is 12.8 Å². The molecule has 16 heavy (non-hydrogen) atoms. The summed E-state index contributed by atoms with van der Waals surface area (Å²) in [6.45, 7) is 2.41. The molecule has 0 bridgehead atoms. The molecular formula is C14H16O2. The first-order chi connectivity index (χ1) is 7.77. The predicted octanol–water partition coefficient (Wildman–Crippen LogP) is 2.82. The number of ether oxygens (including phenoxy) is 1. The maximum atomic E-state index is 11.5. The van der Waals surface area contributed by atoms with E-state index in [1.54, 1.807) is 12.1 Å². The Morgan fingerprint density at radius 2 is 2.06 bits per heavy atom. The van der Waals surface area contributed by atoms with E-state index < -0.39 is 0 Å². The summed E-state index contributed by atoms with van der Waals surface area (Å²) in [5.74, 6) is 2.12. The number of terminal acetylenes is 1. The van der Waals surface area contributed by atoms with Crippen molar-refractivity contribution >= 4 is 5.97 Å². The zero-order valence-corrected chi connectivity index (χ0v) is 9.53. The first-order valence-corrected chi connectivity index (χ1v) is 5.47. The van der Waals surface area contributed by atoms with E-state index in [9.17, 15) is 4.79 Å². The van der Waals surface area contributed by atoms with Gasteiger partial charge in [-0.25, -0.2) is 4.79 Å². The fourth-order valence-corrected chi connectivity index (χ4v) is 1.38. The Balaban J connectivity index is 2.53. The van der Waals surface area contributed by atoms with E-state index in [1.165, 1.54) is 5.56 Å². The van der Waals surface area contributed by atoms with Crippen LogP contribution in [0.2, 0.25) is 0 Å². The van der Waals surface area contributed by atoms with E-state index in [-0.39, 0.29) is 12.6 Å². The molecule has 0 heterocycles. The molecule has 0 aliphatic rings. The lowest BCUT2D eigenvalue weighted by Gasteiger charge is -2.03. The quantitative estimate of drug-likeness (QED) is 0.430. The van der Waals surface area contributed by atoms with E-state index >= 15 is 0 Å². The fourth-order valence-electron chi connectivity index (χ4n) is 1.38. The molecule has 1 rings (SSSR count). The van der Waals surface area contributed by atoms with Crippen molar-refractivity contribution in [2.24, 2.45) is 0 Å². The third-order valence-corrected chi connectivity index (χ3v) is 2.21. The van der Waals surface area contributed by atoms with Gasteiger partial charge in [0.25, 0.3) is 0 Å². The van der Waals surface area contributed by atoms with Gasteiger partial charge in [0.05, 0.1) is 5.56 Å². The number of benzene rings is 1. The number of rotatable bonds is 5. The first-order valence-electron chi connectivity index (χ1n) is 5.47. The summed E-state index contributed by atoms with van der Waals surface area (Å²) >= 11 is 0. The Kier molecular flexibility index (Phi) is 5.15. The molecule has 0 N–H and O–H groups in total. The highest BCUT2D eigenvalue weighted by atomic mass is 16.5. The molecule has 0 aromatic heterocycles. The second kappa shape index (κ2) is 6.68. The maximum absolute atomic E-state index is 11.5. The van der Waals surface area contributed by atoms with E-state index in [2.05, 4.69) is 12.8 Å². The lowest BCUT2D eigenvalue weighted by Crippen LogP contribution is -2.06. The molecule has 0 unspecified atom stereocenters. The standard InChI is InChI=1S/C14H16O2/c1-3-5-11-16-14(15)13-9-7-12(6-4-2)8-10-13/h1,7-10H,4-6,11H2,2H3. The van der Waals surface area contributed by atoms with Gasteiger partial charge in [0.1, 0.15) is 6.61 Å². The highest BCUT2D eigenvalue weighted by Gasteiger charge is 2.05. The van der Waals surface area contributed by atoms with Gasteiger partial charge in [0, 0.05) is 6.42 Å². The SMILES string of the molecule is C#CCCOC(=O)c1ccc(CCC)cc1. The fraction of sp³-hybridized carbons (Fsp3) is 0.357. The molecule has 2 heteroatoms. The lowest BCUT2D eigenvalue weighted by molar-refractivity contribution is 0.0513. The molecule has 0 aliphatic heterocycles. The summed E-state index contributed by atoms with van der Waals surface area (Å²) in [7, 11) is 0. The molecule has 0 atom stereocenters. The minimum atomic E-state index is -0.307. The Morgan fingerprint density at radius 1 is 1.38 bits per heavy atom. The Morgan fingerprint density at radius 3 is 2.62 bits per heavy atom. The van der Waals surface area contributed by atoms with Crippen molar-refractivity contribution < 1.29 is 9.53 Å². The Hall–Kier alpha value is -1.75. The molecule has 0 saturated heterocycles. The van der Waals surface area contributed by atoms with Gasteiger partial charge in [-0.05, 0) is 24.1 Å². The van der Waals surface area contributed by atoms with Crippen LogP contribution in [-0.2, 0) is 11.2 Å². The van der Waals surface area contributed by atoms with E-state index in [0.29, 0.717) is 12.0 Å². The zero-order chi connectivity index (χ0) is 11.8. The van der Waals surface area contributed by atoms with Gasteiger partial charge in [0.15, 0.2) is 0 Å². The van der Waals surface area contributed by atoms with E-state index in [1.807, 2.05) is 12.1 Å². The zero-order valence-electron chi connectivity index (χ0n) is 9.53. The second-order valence-electron chi connectivity index (χ2n) is 3.54.